The third-order valence-corrected chi connectivity index (χ3v) is 3.57. The van der Waals surface area contributed by atoms with Gasteiger partial charge in [0.25, 0.3) is 0 Å². The molecule has 0 radical (unpaired) electrons. The van der Waals surface area contributed by atoms with Crippen LogP contribution in [0.4, 0.5) is 8.78 Å². The highest BCUT2D eigenvalue weighted by Gasteiger charge is 2.17. The minimum atomic E-state index is -0.613. The molecule has 0 aliphatic carbocycles. The van der Waals surface area contributed by atoms with Gasteiger partial charge in [-0.25, -0.2) is 8.78 Å². The first kappa shape index (κ1) is 14.0. The molecule has 100 valence electrons. The molecule has 0 aliphatic heterocycles. The molecule has 0 heterocycles. The molecular formula is C16H15ClF2. The van der Waals surface area contributed by atoms with Crippen LogP contribution in [-0.4, -0.2) is 0 Å². The van der Waals surface area contributed by atoms with Crippen molar-refractivity contribution in [1.82, 2.24) is 0 Å². The molecule has 0 saturated heterocycles. The Labute approximate surface area is 117 Å². The van der Waals surface area contributed by atoms with E-state index < -0.39 is 17.0 Å². The number of benzene rings is 2. The second-order valence-electron chi connectivity index (χ2n) is 4.91. The molecule has 0 fully saturated rings. The van der Waals surface area contributed by atoms with Crippen molar-refractivity contribution in [2.45, 2.75) is 26.1 Å². The summed E-state index contributed by atoms with van der Waals surface area (Å²) < 4.78 is 27.1. The third-order valence-electron chi connectivity index (χ3n) is 3.09. The molecule has 0 saturated carbocycles. The van der Waals surface area contributed by atoms with Gasteiger partial charge in [0.2, 0.25) is 0 Å². The van der Waals surface area contributed by atoms with E-state index in [-0.39, 0.29) is 0 Å². The molecule has 1 atom stereocenters. The highest BCUT2D eigenvalue weighted by atomic mass is 35.5. The third kappa shape index (κ3) is 2.95. The zero-order chi connectivity index (χ0) is 14.2. The number of hydrogen-bond acceptors (Lipinski definition) is 0. The van der Waals surface area contributed by atoms with E-state index in [2.05, 4.69) is 0 Å². The van der Waals surface area contributed by atoms with Crippen molar-refractivity contribution in [2.24, 2.45) is 0 Å². The predicted octanol–water partition coefficient (Wildman–Crippen LogP) is 5.22. The van der Waals surface area contributed by atoms with Crippen LogP contribution in [0.5, 0.6) is 0 Å². The van der Waals surface area contributed by atoms with Gasteiger partial charge >= 0.3 is 0 Å². The van der Waals surface area contributed by atoms with E-state index >= 15 is 0 Å². The van der Waals surface area contributed by atoms with Crippen LogP contribution in [0, 0.1) is 32.4 Å². The van der Waals surface area contributed by atoms with Crippen LogP contribution in [0.1, 0.15) is 33.2 Å². The van der Waals surface area contributed by atoms with Gasteiger partial charge in [-0.05, 0) is 38.0 Å². The van der Waals surface area contributed by atoms with Crippen LogP contribution in [0.15, 0.2) is 30.3 Å². The van der Waals surface area contributed by atoms with Crippen LogP contribution in [0.25, 0.3) is 0 Å². The van der Waals surface area contributed by atoms with Crippen LogP contribution in [0.2, 0.25) is 0 Å². The first-order valence-electron chi connectivity index (χ1n) is 6.06. The van der Waals surface area contributed by atoms with E-state index in [4.69, 9.17) is 11.6 Å². The Hall–Kier alpha value is -1.41. The maximum absolute atomic E-state index is 13.8. The maximum atomic E-state index is 13.8. The molecule has 0 amide bonds. The highest BCUT2D eigenvalue weighted by molar-refractivity contribution is 6.22. The van der Waals surface area contributed by atoms with Crippen LogP contribution in [0.3, 0.4) is 0 Å². The van der Waals surface area contributed by atoms with Crippen molar-refractivity contribution in [1.29, 1.82) is 0 Å². The fourth-order valence-corrected chi connectivity index (χ4v) is 2.50. The highest BCUT2D eigenvalue weighted by Crippen LogP contribution is 2.32. The Morgan fingerprint density at radius 3 is 2.00 bits per heavy atom. The monoisotopic (exact) mass is 280 g/mol. The maximum Gasteiger partial charge on any atom is 0.131 e. The first-order chi connectivity index (χ1) is 8.88. The minimum absolute atomic E-state index is 0.311. The van der Waals surface area contributed by atoms with Gasteiger partial charge in [0.1, 0.15) is 11.6 Å². The SMILES string of the molecule is Cc1cc(C)cc(C(Cl)c2cc(C)c(F)cc2F)c1. The standard InChI is InChI=1S/C16H15ClF2/c1-9-4-10(2)6-12(5-9)16(17)13-7-11(3)14(18)8-15(13)19/h4-8,16H,1-3H3. The fraction of sp³-hybridized carbons (Fsp3) is 0.250. The normalized spacial score (nSPS) is 12.5. The molecule has 2 rings (SSSR count). The molecule has 0 spiro atoms. The molecule has 2 aromatic rings. The second kappa shape index (κ2) is 5.30. The number of halogens is 3. The van der Waals surface area contributed by atoms with Gasteiger partial charge in [-0.15, -0.1) is 11.6 Å². The molecule has 3 heteroatoms. The van der Waals surface area contributed by atoms with Gasteiger partial charge in [-0.3, -0.25) is 0 Å². The topological polar surface area (TPSA) is 0 Å². The molecule has 2 aromatic carbocycles. The minimum Gasteiger partial charge on any atom is -0.207 e. The van der Waals surface area contributed by atoms with E-state index in [1.807, 2.05) is 32.0 Å². The summed E-state index contributed by atoms with van der Waals surface area (Å²) >= 11 is 6.34. The van der Waals surface area contributed by atoms with Gasteiger partial charge < -0.3 is 0 Å². The zero-order valence-corrected chi connectivity index (χ0v) is 11.9. The van der Waals surface area contributed by atoms with E-state index in [1.54, 1.807) is 6.92 Å². The lowest BCUT2D eigenvalue weighted by molar-refractivity contribution is 0.568. The number of alkyl halides is 1. The first-order valence-corrected chi connectivity index (χ1v) is 6.50. The Kier molecular flexibility index (Phi) is 3.91. The van der Waals surface area contributed by atoms with Crippen molar-refractivity contribution in [3.05, 3.63) is 69.8 Å². The quantitative estimate of drug-likeness (QED) is 0.662. The summed E-state index contributed by atoms with van der Waals surface area (Å²) in [6.45, 7) is 5.53. The molecule has 0 bridgehead atoms. The summed E-state index contributed by atoms with van der Waals surface area (Å²) in [6.07, 6.45) is 0. The van der Waals surface area contributed by atoms with Crippen molar-refractivity contribution < 1.29 is 8.78 Å². The Bertz CT molecular complexity index is 600. The smallest absolute Gasteiger partial charge is 0.131 e. The second-order valence-corrected chi connectivity index (χ2v) is 5.34. The van der Waals surface area contributed by atoms with Gasteiger partial charge in [-0.2, -0.15) is 0 Å². The lowest BCUT2D eigenvalue weighted by Crippen LogP contribution is -2.00. The lowest BCUT2D eigenvalue weighted by Gasteiger charge is -2.14. The number of aryl methyl sites for hydroxylation is 3. The Morgan fingerprint density at radius 2 is 1.42 bits per heavy atom. The summed E-state index contributed by atoms with van der Waals surface area (Å²) in [5, 5.41) is -0.613. The average Bonchev–Trinajstić information content (AvgIpc) is 2.31. The summed E-state index contributed by atoms with van der Waals surface area (Å²) in [6, 6.07) is 8.23. The van der Waals surface area contributed by atoms with Gasteiger partial charge in [0.15, 0.2) is 0 Å². The van der Waals surface area contributed by atoms with Gasteiger partial charge in [0.05, 0.1) is 5.38 Å². The van der Waals surface area contributed by atoms with E-state index in [0.717, 1.165) is 22.8 Å². The van der Waals surface area contributed by atoms with Crippen LogP contribution in [-0.2, 0) is 0 Å². The van der Waals surface area contributed by atoms with Crippen molar-refractivity contribution in [3.63, 3.8) is 0 Å². The van der Waals surface area contributed by atoms with Crippen molar-refractivity contribution in [3.8, 4) is 0 Å². The molecular weight excluding hydrogens is 266 g/mol. The lowest BCUT2D eigenvalue weighted by atomic mass is 9.98. The Morgan fingerprint density at radius 1 is 0.842 bits per heavy atom. The summed E-state index contributed by atoms with van der Waals surface area (Å²) in [4.78, 5) is 0. The van der Waals surface area contributed by atoms with E-state index in [1.165, 1.54) is 6.07 Å². The molecule has 0 nitrogen and oxygen atoms in total. The molecule has 0 aliphatic rings. The van der Waals surface area contributed by atoms with Gasteiger partial charge in [0, 0.05) is 11.6 Å². The zero-order valence-electron chi connectivity index (χ0n) is 11.1. The van der Waals surface area contributed by atoms with Crippen molar-refractivity contribution >= 4 is 11.6 Å². The van der Waals surface area contributed by atoms with E-state index in [0.29, 0.717) is 11.1 Å². The molecule has 0 N–H and O–H groups in total. The summed E-state index contributed by atoms with van der Waals surface area (Å²) in [5.74, 6) is -1.16. The van der Waals surface area contributed by atoms with Gasteiger partial charge in [-0.1, -0.05) is 29.3 Å². The largest absolute Gasteiger partial charge is 0.207 e. The number of hydrogen-bond donors (Lipinski definition) is 0. The average molecular weight is 281 g/mol. The van der Waals surface area contributed by atoms with Crippen molar-refractivity contribution in [2.75, 3.05) is 0 Å². The predicted molar refractivity (Wildman–Crippen MR) is 74.7 cm³/mol. The summed E-state index contributed by atoms with van der Waals surface area (Å²) in [5.41, 5.74) is 3.67. The van der Waals surface area contributed by atoms with Crippen LogP contribution >= 0.6 is 11.6 Å². The molecule has 0 aromatic heterocycles. The molecule has 1 unspecified atom stereocenters. The molecule has 19 heavy (non-hydrogen) atoms. The van der Waals surface area contributed by atoms with E-state index in [9.17, 15) is 8.78 Å². The number of rotatable bonds is 2. The van der Waals surface area contributed by atoms with Crippen LogP contribution < -0.4 is 0 Å². The summed E-state index contributed by atoms with van der Waals surface area (Å²) in [7, 11) is 0. The fourth-order valence-electron chi connectivity index (χ4n) is 2.21. The Balaban J connectivity index is 2.49.